The Morgan fingerprint density at radius 1 is 1.10 bits per heavy atom. The van der Waals surface area contributed by atoms with Gasteiger partial charge in [0.05, 0.1) is 11.4 Å². The lowest BCUT2D eigenvalue weighted by Crippen LogP contribution is -2.38. The molecular weight excluding hydrogens is 406 g/mol. The number of thioether (sulfide) groups is 1. The molecule has 2 aromatic carbocycles. The molecular formula is C25H31N3O2S. The molecule has 5 nitrogen and oxygen atoms in total. The van der Waals surface area contributed by atoms with Gasteiger partial charge in [-0.3, -0.25) is 14.5 Å². The molecule has 2 heterocycles. The number of benzene rings is 2. The van der Waals surface area contributed by atoms with Gasteiger partial charge in [-0.25, -0.2) is 0 Å². The van der Waals surface area contributed by atoms with Crippen molar-refractivity contribution in [1.82, 2.24) is 10.2 Å². The number of nitrogens with zero attached hydrogens (tertiary/aromatic N) is 2. The van der Waals surface area contributed by atoms with Gasteiger partial charge in [0.25, 0.3) is 0 Å². The highest BCUT2D eigenvalue weighted by molar-refractivity contribution is 8.00. The van der Waals surface area contributed by atoms with E-state index in [9.17, 15) is 9.59 Å². The molecule has 0 spiro atoms. The molecule has 1 unspecified atom stereocenters. The summed E-state index contributed by atoms with van der Waals surface area (Å²) < 4.78 is 0. The van der Waals surface area contributed by atoms with Crippen LogP contribution in [0.5, 0.6) is 0 Å². The molecule has 1 saturated heterocycles. The van der Waals surface area contributed by atoms with Crippen molar-refractivity contribution in [1.29, 1.82) is 0 Å². The second-order valence-corrected chi connectivity index (χ2v) is 9.48. The highest BCUT2D eigenvalue weighted by Gasteiger charge is 2.24. The van der Waals surface area contributed by atoms with Crippen LogP contribution in [0.1, 0.15) is 43.7 Å². The Balaban J connectivity index is 1.24. The van der Waals surface area contributed by atoms with Crippen molar-refractivity contribution in [3.05, 3.63) is 59.7 Å². The highest BCUT2D eigenvalue weighted by atomic mass is 32.2. The molecule has 1 N–H and O–H groups in total. The first kappa shape index (κ1) is 21.9. The first-order valence-electron chi connectivity index (χ1n) is 11.2. The third-order valence-corrected chi connectivity index (χ3v) is 7.26. The normalized spacial score (nSPS) is 19.2. The van der Waals surface area contributed by atoms with Crippen molar-refractivity contribution in [2.45, 2.75) is 56.6 Å². The van der Waals surface area contributed by atoms with Gasteiger partial charge in [-0.05, 0) is 49.6 Å². The summed E-state index contributed by atoms with van der Waals surface area (Å²) in [6.45, 7) is 5.42. The van der Waals surface area contributed by atoms with Gasteiger partial charge in [0.1, 0.15) is 0 Å². The van der Waals surface area contributed by atoms with Crippen molar-refractivity contribution in [3.8, 4) is 0 Å². The van der Waals surface area contributed by atoms with Gasteiger partial charge in [0.2, 0.25) is 11.8 Å². The topological polar surface area (TPSA) is 52.7 Å². The number of nitrogens with one attached hydrogen (secondary N) is 1. The Bertz CT molecular complexity index is 915. The predicted molar refractivity (Wildman–Crippen MR) is 126 cm³/mol. The van der Waals surface area contributed by atoms with E-state index in [1.807, 2.05) is 24.3 Å². The number of rotatable bonds is 7. The van der Waals surface area contributed by atoms with E-state index < -0.39 is 0 Å². The Labute approximate surface area is 189 Å². The van der Waals surface area contributed by atoms with Gasteiger partial charge in [0, 0.05) is 37.0 Å². The SMILES string of the molecule is CC1CCCCN1Cc1ccc(CNC(=O)CCN2C(=O)CSc3ccccc32)cc1. The van der Waals surface area contributed by atoms with Crippen molar-refractivity contribution in [2.24, 2.45) is 0 Å². The number of fused-ring (bicyclic) bond motifs is 1. The Hall–Kier alpha value is -2.31. The minimum absolute atomic E-state index is 0.0327. The lowest BCUT2D eigenvalue weighted by atomic mass is 10.0. The quantitative estimate of drug-likeness (QED) is 0.705. The molecule has 164 valence electrons. The van der Waals surface area contributed by atoms with Crippen LogP contribution in [0.15, 0.2) is 53.4 Å². The van der Waals surface area contributed by atoms with Crippen LogP contribution in [-0.4, -0.2) is 41.6 Å². The third kappa shape index (κ3) is 5.69. The van der Waals surface area contributed by atoms with Crippen molar-refractivity contribution in [2.75, 3.05) is 23.7 Å². The predicted octanol–water partition coefficient (Wildman–Crippen LogP) is 4.21. The summed E-state index contributed by atoms with van der Waals surface area (Å²) in [5, 5.41) is 2.99. The van der Waals surface area contributed by atoms with E-state index in [4.69, 9.17) is 0 Å². The van der Waals surface area contributed by atoms with E-state index in [1.165, 1.54) is 31.4 Å². The van der Waals surface area contributed by atoms with Gasteiger partial charge in [-0.1, -0.05) is 42.8 Å². The van der Waals surface area contributed by atoms with Gasteiger partial charge in [-0.15, -0.1) is 11.8 Å². The Morgan fingerprint density at radius 3 is 2.68 bits per heavy atom. The van der Waals surface area contributed by atoms with Crippen molar-refractivity contribution in [3.63, 3.8) is 0 Å². The summed E-state index contributed by atoms with van der Waals surface area (Å²) in [5.74, 6) is 0.464. The van der Waals surface area contributed by atoms with Crippen LogP contribution in [0.3, 0.4) is 0 Å². The lowest BCUT2D eigenvalue weighted by molar-refractivity contribution is -0.121. The van der Waals surface area contributed by atoms with E-state index in [0.29, 0.717) is 31.3 Å². The van der Waals surface area contributed by atoms with Crippen molar-refractivity contribution < 1.29 is 9.59 Å². The van der Waals surface area contributed by atoms with Gasteiger partial charge in [-0.2, -0.15) is 0 Å². The standard InChI is InChI=1S/C25H31N3O2S/c1-19-6-4-5-14-27(19)17-21-11-9-20(10-12-21)16-26-24(29)13-15-28-22-7-2-3-8-23(22)31-18-25(28)30/h2-3,7-12,19H,4-6,13-18H2,1H3,(H,26,29). The van der Waals surface area contributed by atoms with Crippen LogP contribution in [0.25, 0.3) is 0 Å². The first-order chi connectivity index (χ1) is 15.1. The zero-order valence-corrected chi connectivity index (χ0v) is 19.0. The molecule has 0 aromatic heterocycles. The maximum Gasteiger partial charge on any atom is 0.237 e. The minimum atomic E-state index is -0.0327. The van der Waals surface area contributed by atoms with E-state index >= 15 is 0 Å². The Kier molecular flexibility index (Phi) is 7.30. The average Bonchev–Trinajstić information content (AvgIpc) is 2.79. The maximum absolute atomic E-state index is 12.4. The van der Waals surface area contributed by atoms with E-state index in [1.54, 1.807) is 16.7 Å². The number of carbonyl (C=O) groups is 2. The fraction of sp³-hybridized carbons (Fsp3) is 0.440. The summed E-state index contributed by atoms with van der Waals surface area (Å²) in [5.41, 5.74) is 3.33. The number of piperidine rings is 1. The molecule has 2 amide bonds. The van der Waals surface area contributed by atoms with Gasteiger partial charge in [0.15, 0.2) is 0 Å². The molecule has 1 atom stereocenters. The van der Waals surface area contributed by atoms with E-state index in [2.05, 4.69) is 41.4 Å². The number of hydrogen-bond acceptors (Lipinski definition) is 4. The zero-order valence-electron chi connectivity index (χ0n) is 18.2. The van der Waals surface area contributed by atoms with Crippen LogP contribution in [0.4, 0.5) is 5.69 Å². The molecule has 2 aliphatic heterocycles. The lowest BCUT2D eigenvalue weighted by Gasteiger charge is -2.33. The first-order valence-corrected chi connectivity index (χ1v) is 12.2. The summed E-state index contributed by atoms with van der Waals surface area (Å²) in [6, 6.07) is 17.1. The second kappa shape index (κ2) is 10.3. The molecule has 0 saturated carbocycles. The summed E-state index contributed by atoms with van der Waals surface area (Å²) >= 11 is 1.56. The molecule has 6 heteroatoms. The molecule has 0 bridgehead atoms. The second-order valence-electron chi connectivity index (χ2n) is 8.46. The molecule has 2 aliphatic rings. The van der Waals surface area contributed by atoms with E-state index in [0.717, 1.165) is 22.7 Å². The number of amides is 2. The number of anilines is 1. The molecule has 31 heavy (non-hydrogen) atoms. The van der Waals surface area contributed by atoms with Crippen LogP contribution in [-0.2, 0) is 22.7 Å². The fourth-order valence-corrected chi connectivity index (χ4v) is 5.23. The van der Waals surface area contributed by atoms with E-state index in [-0.39, 0.29) is 11.8 Å². The molecule has 0 radical (unpaired) electrons. The number of carbonyl (C=O) groups excluding carboxylic acids is 2. The average molecular weight is 438 g/mol. The monoisotopic (exact) mass is 437 g/mol. The highest BCUT2D eigenvalue weighted by Crippen LogP contribution is 2.34. The summed E-state index contributed by atoms with van der Waals surface area (Å²) in [6.07, 6.45) is 4.23. The number of hydrogen-bond donors (Lipinski definition) is 1. The molecule has 4 rings (SSSR count). The Morgan fingerprint density at radius 2 is 1.87 bits per heavy atom. The smallest absolute Gasteiger partial charge is 0.237 e. The summed E-state index contributed by atoms with van der Waals surface area (Å²) in [7, 11) is 0. The minimum Gasteiger partial charge on any atom is -0.352 e. The fourth-order valence-electron chi connectivity index (χ4n) is 4.29. The zero-order chi connectivity index (χ0) is 21.6. The van der Waals surface area contributed by atoms with Gasteiger partial charge >= 0.3 is 0 Å². The molecule has 0 aliphatic carbocycles. The summed E-state index contributed by atoms with van der Waals surface area (Å²) in [4.78, 5) is 30.1. The van der Waals surface area contributed by atoms with Crippen LogP contribution in [0.2, 0.25) is 0 Å². The van der Waals surface area contributed by atoms with Crippen molar-refractivity contribution >= 4 is 29.3 Å². The number of likely N-dealkylation sites (tertiary alicyclic amines) is 1. The molecule has 2 aromatic rings. The van der Waals surface area contributed by atoms with Crippen LogP contribution in [0, 0.1) is 0 Å². The van der Waals surface area contributed by atoms with Crippen LogP contribution >= 0.6 is 11.8 Å². The maximum atomic E-state index is 12.4. The van der Waals surface area contributed by atoms with Gasteiger partial charge < -0.3 is 10.2 Å². The third-order valence-electron chi connectivity index (χ3n) is 6.21. The number of para-hydroxylation sites is 1. The van der Waals surface area contributed by atoms with Crippen LogP contribution < -0.4 is 10.2 Å². The molecule has 1 fully saturated rings. The largest absolute Gasteiger partial charge is 0.352 e.